The van der Waals surface area contributed by atoms with Crippen LogP contribution in [0.3, 0.4) is 0 Å². The molecular weight excluding hydrogens is 259 g/mol. The summed E-state index contributed by atoms with van der Waals surface area (Å²) in [5.74, 6) is 0.471. The highest BCUT2D eigenvalue weighted by Gasteiger charge is 2.30. The molecule has 0 saturated heterocycles. The number of aromatic nitrogens is 1. The van der Waals surface area contributed by atoms with Crippen LogP contribution in [0.1, 0.15) is 31.2 Å². The molecule has 0 spiro atoms. The van der Waals surface area contributed by atoms with Crippen LogP contribution in [0, 0.1) is 0 Å². The molecular formula is C12H18F3N3O. The predicted octanol–water partition coefficient (Wildman–Crippen LogP) is 2.31. The van der Waals surface area contributed by atoms with E-state index in [1.165, 1.54) is 17.7 Å². The number of rotatable bonds is 7. The minimum atomic E-state index is -4.19. The molecule has 1 heterocycles. The third-order valence-electron chi connectivity index (χ3n) is 2.99. The molecule has 7 heteroatoms. The highest BCUT2D eigenvalue weighted by molar-refractivity contribution is 5.05. The number of alkyl halides is 3. The van der Waals surface area contributed by atoms with Gasteiger partial charge in [-0.25, -0.2) is 0 Å². The summed E-state index contributed by atoms with van der Waals surface area (Å²) in [7, 11) is 0. The molecule has 1 aromatic heterocycles. The molecule has 1 aliphatic carbocycles. The third-order valence-corrected chi connectivity index (χ3v) is 2.99. The smallest absolute Gasteiger partial charge is 0.360 e. The lowest BCUT2D eigenvalue weighted by molar-refractivity contribution is -0.147. The molecule has 4 nitrogen and oxygen atoms in total. The second-order valence-corrected chi connectivity index (χ2v) is 4.86. The molecule has 2 rings (SSSR count). The van der Waals surface area contributed by atoms with Gasteiger partial charge in [-0.1, -0.05) is 12.1 Å². The van der Waals surface area contributed by atoms with Crippen molar-refractivity contribution in [2.24, 2.45) is 0 Å². The fourth-order valence-electron chi connectivity index (χ4n) is 1.80. The van der Waals surface area contributed by atoms with Crippen LogP contribution in [0.5, 0.6) is 0 Å². The van der Waals surface area contributed by atoms with Crippen LogP contribution in [0.4, 0.5) is 13.2 Å². The molecule has 19 heavy (non-hydrogen) atoms. The van der Waals surface area contributed by atoms with Gasteiger partial charge in [0.2, 0.25) is 0 Å². The number of hydrogen-bond acceptors (Lipinski definition) is 4. The first-order valence-corrected chi connectivity index (χ1v) is 6.43. The summed E-state index contributed by atoms with van der Waals surface area (Å²) in [6, 6.07) is 2.28. The molecule has 0 aliphatic heterocycles. The maximum Gasteiger partial charge on any atom is 0.401 e. The van der Waals surface area contributed by atoms with Crippen molar-refractivity contribution in [2.45, 2.75) is 45.1 Å². The molecule has 0 unspecified atom stereocenters. The predicted molar refractivity (Wildman–Crippen MR) is 63.4 cm³/mol. The second-order valence-electron chi connectivity index (χ2n) is 4.86. The first-order chi connectivity index (χ1) is 8.96. The van der Waals surface area contributed by atoms with Crippen molar-refractivity contribution in [2.75, 3.05) is 13.1 Å². The van der Waals surface area contributed by atoms with E-state index in [9.17, 15) is 13.2 Å². The zero-order valence-electron chi connectivity index (χ0n) is 10.8. The Morgan fingerprint density at radius 2 is 2.21 bits per heavy atom. The number of hydrogen-bond donors (Lipinski definition) is 1. The maximum atomic E-state index is 12.3. The van der Waals surface area contributed by atoms with Gasteiger partial charge in [-0.3, -0.25) is 4.90 Å². The van der Waals surface area contributed by atoms with Gasteiger partial charge in [0.15, 0.2) is 5.76 Å². The summed E-state index contributed by atoms with van der Waals surface area (Å²) in [6.45, 7) is 1.82. The van der Waals surface area contributed by atoms with Crippen molar-refractivity contribution < 1.29 is 17.7 Å². The van der Waals surface area contributed by atoms with Gasteiger partial charge in [0.05, 0.1) is 18.8 Å². The molecule has 0 atom stereocenters. The molecule has 0 radical (unpaired) electrons. The second kappa shape index (κ2) is 5.92. The van der Waals surface area contributed by atoms with Gasteiger partial charge in [-0.15, -0.1) is 0 Å². The Hall–Kier alpha value is -1.08. The van der Waals surface area contributed by atoms with Crippen molar-refractivity contribution in [3.63, 3.8) is 0 Å². The van der Waals surface area contributed by atoms with Crippen LogP contribution in [0.25, 0.3) is 0 Å². The lowest BCUT2D eigenvalue weighted by Crippen LogP contribution is -2.33. The van der Waals surface area contributed by atoms with Crippen LogP contribution in [-0.2, 0) is 13.1 Å². The van der Waals surface area contributed by atoms with E-state index in [-0.39, 0.29) is 6.54 Å². The fraction of sp³-hybridized carbons (Fsp3) is 0.750. The summed E-state index contributed by atoms with van der Waals surface area (Å²) in [5.41, 5.74) is 0.741. The summed E-state index contributed by atoms with van der Waals surface area (Å²) in [5, 5.41) is 7.13. The summed E-state index contributed by atoms with van der Waals surface area (Å²) in [4.78, 5) is 1.28. The van der Waals surface area contributed by atoms with E-state index in [0.29, 0.717) is 24.9 Å². The number of nitrogens with one attached hydrogen (secondary N) is 1. The van der Waals surface area contributed by atoms with Gasteiger partial charge in [0, 0.05) is 18.7 Å². The molecule has 1 N–H and O–H groups in total. The van der Waals surface area contributed by atoms with E-state index in [1.54, 1.807) is 13.0 Å². The molecule has 1 aromatic rings. The van der Waals surface area contributed by atoms with Gasteiger partial charge < -0.3 is 9.84 Å². The minimum Gasteiger partial charge on any atom is -0.360 e. The average molecular weight is 277 g/mol. The van der Waals surface area contributed by atoms with E-state index < -0.39 is 12.7 Å². The molecule has 108 valence electrons. The quantitative estimate of drug-likeness (QED) is 0.830. The average Bonchev–Trinajstić information content (AvgIpc) is 3.05. The topological polar surface area (TPSA) is 41.3 Å². The van der Waals surface area contributed by atoms with Crippen LogP contribution in [0.2, 0.25) is 0 Å². The molecule has 0 bridgehead atoms. The standard InChI is InChI=1S/C12H18F3N3O/c1-2-18(8-12(13,14)15)7-11-5-10(17-19-11)6-16-9-3-4-9/h5,9,16H,2-4,6-8H2,1H3. The molecule has 0 aromatic carbocycles. The van der Waals surface area contributed by atoms with E-state index >= 15 is 0 Å². The highest BCUT2D eigenvalue weighted by atomic mass is 19.4. The fourth-order valence-corrected chi connectivity index (χ4v) is 1.80. The van der Waals surface area contributed by atoms with E-state index in [2.05, 4.69) is 10.5 Å². The van der Waals surface area contributed by atoms with Crippen molar-refractivity contribution >= 4 is 0 Å². The van der Waals surface area contributed by atoms with Crippen molar-refractivity contribution in [3.05, 3.63) is 17.5 Å². The Bertz CT molecular complexity index is 401. The molecule has 1 fully saturated rings. The third kappa shape index (κ3) is 5.20. The molecule has 1 saturated carbocycles. The summed E-state index contributed by atoms with van der Waals surface area (Å²) in [6.07, 6.45) is -1.83. The Labute approximate surface area is 109 Å². The van der Waals surface area contributed by atoms with Crippen molar-refractivity contribution in [1.29, 1.82) is 0 Å². The normalized spacial score (nSPS) is 16.3. The van der Waals surface area contributed by atoms with Crippen molar-refractivity contribution in [1.82, 2.24) is 15.4 Å². The maximum absolute atomic E-state index is 12.3. The van der Waals surface area contributed by atoms with Crippen LogP contribution in [-0.4, -0.2) is 35.4 Å². The Morgan fingerprint density at radius 1 is 1.47 bits per heavy atom. The minimum absolute atomic E-state index is 0.131. The van der Waals surface area contributed by atoms with Gasteiger partial charge in [0.1, 0.15) is 0 Å². The van der Waals surface area contributed by atoms with Crippen LogP contribution < -0.4 is 5.32 Å². The zero-order chi connectivity index (χ0) is 13.9. The van der Waals surface area contributed by atoms with Gasteiger partial charge in [0.25, 0.3) is 0 Å². The Kier molecular flexibility index (Phi) is 4.46. The molecule has 0 amide bonds. The van der Waals surface area contributed by atoms with Gasteiger partial charge >= 0.3 is 6.18 Å². The zero-order valence-corrected chi connectivity index (χ0v) is 10.8. The number of halogens is 3. The van der Waals surface area contributed by atoms with Crippen molar-refractivity contribution in [3.8, 4) is 0 Å². The van der Waals surface area contributed by atoms with Gasteiger partial charge in [-0.2, -0.15) is 13.2 Å². The number of nitrogens with zero attached hydrogens (tertiary/aromatic N) is 2. The highest BCUT2D eigenvalue weighted by Crippen LogP contribution is 2.20. The lowest BCUT2D eigenvalue weighted by atomic mass is 10.3. The monoisotopic (exact) mass is 277 g/mol. The Morgan fingerprint density at radius 3 is 2.79 bits per heavy atom. The molecule has 1 aliphatic rings. The largest absolute Gasteiger partial charge is 0.401 e. The summed E-state index contributed by atoms with van der Waals surface area (Å²) < 4.78 is 42.0. The Balaban J connectivity index is 1.82. The lowest BCUT2D eigenvalue weighted by Gasteiger charge is -2.20. The van der Waals surface area contributed by atoms with E-state index in [1.807, 2.05) is 0 Å². The van der Waals surface area contributed by atoms with Crippen LogP contribution in [0.15, 0.2) is 10.6 Å². The summed E-state index contributed by atoms with van der Waals surface area (Å²) >= 11 is 0. The first-order valence-electron chi connectivity index (χ1n) is 6.43. The van der Waals surface area contributed by atoms with Gasteiger partial charge in [-0.05, 0) is 19.4 Å². The van der Waals surface area contributed by atoms with E-state index in [0.717, 1.165) is 5.69 Å². The SMILES string of the molecule is CCN(Cc1cc(CNC2CC2)no1)CC(F)(F)F. The first kappa shape index (κ1) is 14.3. The van der Waals surface area contributed by atoms with Crippen LogP contribution >= 0.6 is 0 Å². The van der Waals surface area contributed by atoms with E-state index in [4.69, 9.17) is 4.52 Å².